The van der Waals surface area contributed by atoms with Crippen molar-refractivity contribution in [2.75, 3.05) is 6.54 Å². The van der Waals surface area contributed by atoms with Crippen LogP contribution in [0.25, 0.3) is 5.95 Å². The van der Waals surface area contributed by atoms with Gasteiger partial charge in [0.2, 0.25) is 0 Å². The summed E-state index contributed by atoms with van der Waals surface area (Å²) in [4.78, 5) is 26.2. The van der Waals surface area contributed by atoms with Crippen LogP contribution in [0.15, 0.2) is 43.0 Å². The molecular formula is C19H16F6N6O. The van der Waals surface area contributed by atoms with Crippen molar-refractivity contribution >= 4 is 5.91 Å². The summed E-state index contributed by atoms with van der Waals surface area (Å²) in [6.45, 7) is 3.02. The molecule has 0 fully saturated rings. The first-order chi connectivity index (χ1) is 14.9. The Morgan fingerprint density at radius 1 is 1.00 bits per heavy atom. The van der Waals surface area contributed by atoms with E-state index >= 15 is 0 Å². The summed E-state index contributed by atoms with van der Waals surface area (Å²) in [7, 11) is 0. The molecule has 2 heterocycles. The summed E-state index contributed by atoms with van der Waals surface area (Å²) in [5.74, 6) is -0.719. The van der Waals surface area contributed by atoms with E-state index in [-0.39, 0.29) is 24.4 Å². The highest BCUT2D eigenvalue weighted by molar-refractivity contribution is 5.95. The van der Waals surface area contributed by atoms with E-state index in [9.17, 15) is 31.1 Å². The van der Waals surface area contributed by atoms with E-state index in [4.69, 9.17) is 0 Å². The number of alkyl halides is 6. The summed E-state index contributed by atoms with van der Waals surface area (Å²) in [5.41, 5.74) is -3.89. The lowest BCUT2D eigenvalue weighted by Crippen LogP contribution is -2.35. The predicted molar refractivity (Wildman–Crippen MR) is 98.5 cm³/mol. The Hall–Kier alpha value is -3.51. The molecule has 0 saturated carbocycles. The molecule has 1 atom stereocenters. The van der Waals surface area contributed by atoms with Crippen molar-refractivity contribution in [1.82, 2.24) is 29.6 Å². The number of benzene rings is 1. The maximum Gasteiger partial charge on any atom is 0.416 e. The van der Waals surface area contributed by atoms with Crippen molar-refractivity contribution in [3.05, 3.63) is 65.5 Å². The number of carbonyl (C=O) groups excluding carboxylic acids is 1. The van der Waals surface area contributed by atoms with E-state index in [0.717, 1.165) is 4.90 Å². The van der Waals surface area contributed by atoms with Gasteiger partial charge in [0, 0.05) is 24.5 Å². The van der Waals surface area contributed by atoms with Crippen LogP contribution in [0, 0.1) is 0 Å². The Kier molecular flexibility index (Phi) is 6.19. The molecule has 0 aliphatic heterocycles. The number of rotatable bonds is 5. The predicted octanol–water partition coefficient (Wildman–Crippen LogP) is 4.32. The maximum absolute atomic E-state index is 13.2. The van der Waals surface area contributed by atoms with Crippen LogP contribution in [0.5, 0.6) is 0 Å². The lowest BCUT2D eigenvalue weighted by Gasteiger charge is -2.28. The first-order valence-corrected chi connectivity index (χ1v) is 9.21. The van der Waals surface area contributed by atoms with E-state index in [1.165, 1.54) is 37.3 Å². The Bertz CT molecular complexity index is 1060. The number of hydrogen-bond acceptors (Lipinski definition) is 5. The monoisotopic (exact) mass is 458 g/mol. The number of aromatic nitrogens is 5. The third-order valence-electron chi connectivity index (χ3n) is 4.59. The number of hydrogen-bond donors (Lipinski definition) is 0. The molecule has 170 valence electrons. The highest BCUT2D eigenvalue weighted by Crippen LogP contribution is 2.37. The average molecular weight is 458 g/mol. The van der Waals surface area contributed by atoms with Crippen LogP contribution in [0.3, 0.4) is 0 Å². The molecule has 1 amide bonds. The van der Waals surface area contributed by atoms with Gasteiger partial charge in [0.25, 0.3) is 11.9 Å². The molecule has 3 rings (SSSR count). The number of carbonyl (C=O) groups is 1. The van der Waals surface area contributed by atoms with Gasteiger partial charge in [0.05, 0.1) is 17.2 Å². The van der Waals surface area contributed by atoms with Crippen LogP contribution in [-0.2, 0) is 12.4 Å². The molecule has 32 heavy (non-hydrogen) atoms. The fourth-order valence-electron chi connectivity index (χ4n) is 3.07. The molecule has 0 aliphatic rings. The summed E-state index contributed by atoms with van der Waals surface area (Å²) in [6.07, 6.45) is -6.06. The van der Waals surface area contributed by atoms with Gasteiger partial charge >= 0.3 is 12.4 Å². The van der Waals surface area contributed by atoms with Gasteiger partial charge in [-0.15, -0.1) is 0 Å². The van der Waals surface area contributed by atoms with Gasteiger partial charge in [-0.05, 0) is 38.1 Å². The SMILES string of the molecule is CCN(C(=O)c1cc(C(F)(F)F)cc(C(F)(F)F)c1)C(C)c1ncnn1-c1ncccn1. The van der Waals surface area contributed by atoms with Gasteiger partial charge < -0.3 is 4.90 Å². The van der Waals surface area contributed by atoms with Gasteiger partial charge in [-0.2, -0.15) is 36.1 Å². The second-order valence-electron chi connectivity index (χ2n) is 6.64. The van der Waals surface area contributed by atoms with Crippen LogP contribution in [0.1, 0.15) is 47.2 Å². The van der Waals surface area contributed by atoms with E-state index in [2.05, 4.69) is 20.1 Å². The van der Waals surface area contributed by atoms with E-state index in [1.54, 1.807) is 6.07 Å². The fourth-order valence-corrected chi connectivity index (χ4v) is 3.07. The standard InChI is InChI=1S/C19H16F6N6O/c1-3-30(11(2)15-28-10-29-31(15)17-26-5-4-6-27-17)16(32)12-7-13(18(20,21)22)9-14(8-12)19(23,24)25/h4-11H,3H2,1-2H3. The van der Waals surface area contributed by atoms with Crippen LogP contribution in [-0.4, -0.2) is 42.1 Å². The normalized spacial score (nSPS) is 13.1. The number of halogens is 6. The molecule has 13 heteroatoms. The molecule has 1 unspecified atom stereocenters. The van der Waals surface area contributed by atoms with Gasteiger partial charge in [0.15, 0.2) is 5.82 Å². The van der Waals surface area contributed by atoms with Crippen molar-refractivity contribution in [3.63, 3.8) is 0 Å². The zero-order valence-corrected chi connectivity index (χ0v) is 16.7. The molecule has 0 saturated heterocycles. The molecule has 2 aromatic heterocycles. The molecule has 0 radical (unpaired) electrons. The topological polar surface area (TPSA) is 76.8 Å². The first kappa shape index (κ1) is 23.2. The fraction of sp³-hybridized carbons (Fsp3) is 0.316. The second-order valence-corrected chi connectivity index (χ2v) is 6.64. The molecule has 7 nitrogen and oxygen atoms in total. The number of amides is 1. The third-order valence-corrected chi connectivity index (χ3v) is 4.59. The largest absolute Gasteiger partial charge is 0.416 e. The van der Waals surface area contributed by atoms with E-state index in [0.29, 0.717) is 12.1 Å². The zero-order valence-electron chi connectivity index (χ0n) is 16.7. The van der Waals surface area contributed by atoms with E-state index in [1.807, 2.05) is 0 Å². The Morgan fingerprint density at radius 3 is 2.06 bits per heavy atom. The van der Waals surface area contributed by atoms with Crippen molar-refractivity contribution in [3.8, 4) is 5.95 Å². The summed E-state index contributed by atoms with van der Waals surface area (Å²) >= 11 is 0. The minimum atomic E-state index is -5.07. The maximum atomic E-state index is 13.2. The quantitative estimate of drug-likeness (QED) is 0.533. The minimum absolute atomic E-state index is 0.0277. The highest BCUT2D eigenvalue weighted by Gasteiger charge is 2.38. The highest BCUT2D eigenvalue weighted by atomic mass is 19.4. The first-order valence-electron chi connectivity index (χ1n) is 9.21. The second kappa shape index (κ2) is 8.55. The van der Waals surface area contributed by atoms with E-state index < -0.39 is 41.0 Å². The third kappa shape index (κ3) is 4.70. The van der Waals surface area contributed by atoms with Crippen molar-refractivity contribution in [2.24, 2.45) is 0 Å². The van der Waals surface area contributed by atoms with Crippen LogP contribution in [0.4, 0.5) is 26.3 Å². The Balaban J connectivity index is 2.02. The number of nitrogens with zero attached hydrogens (tertiary/aromatic N) is 6. The van der Waals surface area contributed by atoms with Gasteiger partial charge in [0.1, 0.15) is 6.33 Å². The van der Waals surface area contributed by atoms with Gasteiger partial charge in [-0.1, -0.05) is 0 Å². The Labute approximate surface area is 177 Å². The van der Waals surface area contributed by atoms with Gasteiger partial charge in [-0.25, -0.2) is 15.0 Å². The van der Waals surface area contributed by atoms with Crippen molar-refractivity contribution < 1.29 is 31.1 Å². The summed E-state index contributed by atoms with van der Waals surface area (Å²) < 4.78 is 80.3. The molecule has 0 N–H and O–H groups in total. The lowest BCUT2D eigenvalue weighted by molar-refractivity contribution is -0.143. The smallest absolute Gasteiger partial charge is 0.329 e. The van der Waals surface area contributed by atoms with Crippen LogP contribution in [0.2, 0.25) is 0 Å². The molecule has 3 aromatic rings. The molecule has 1 aromatic carbocycles. The molecule has 0 aliphatic carbocycles. The van der Waals surface area contributed by atoms with Gasteiger partial charge in [-0.3, -0.25) is 4.79 Å². The summed E-state index contributed by atoms with van der Waals surface area (Å²) in [5, 5.41) is 3.99. The molecule has 0 spiro atoms. The Morgan fingerprint density at radius 2 is 1.56 bits per heavy atom. The van der Waals surface area contributed by atoms with Crippen molar-refractivity contribution in [1.29, 1.82) is 0 Å². The molecular weight excluding hydrogens is 442 g/mol. The van der Waals surface area contributed by atoms with Crippen LogP contribution >= 0.6 is 0 Å². The summed E-state index contributed by atoms with van der Waals surface area (Å²) in [6, 6.07) is 1.47. The average Bonchev–Trinajstić information content (AvgIpc) is 3.23. The van der Waals surface area contributed by atoms with Crippen molar-refractivity contribution in [2.45, 2.75) is 32.2 Å². The van der Waals surface area contributed by atoms with Crippen LogP contribution < -0.4 is 0 Å². The minimum Gasteiger partial charge on any atom is -0.329 e. The molecule has 0 bridgehead atoms. The lowest BCUT2D eigenvalue weighted by atomic mass is 10.0. The zero-order chi connectivity index (χ0) is 23.7.